The van der Waals surface area contributed by atoms with Crippen molar-refractivity contribution in [3.05, 3.63) is 42.2 Å². The van der Waals surface area contributed by atoms with Crippen LogP contribution in [0.1, 0.15) is 31.7 Å². The third kappa shape index (κ3) is 5.41. The molecular weight excluding hydrogens is 413 g/mol. The van der Waals surface area contributed by atoms with Gasteiger partial charge in [-0.05, 0) is 31.5 Å². The lowest BCUT2D eigenvalue weighted by Crippen LogP contribution is -2.39. The monoisotopic (exact) mass is 438 g/mol. The van der Waals surface area contributed by atoms with E-state index < -0.39 is 33.5 Å². The summed E-state index contributed by atoms with van der Waals surface area (Å²) in [5, 5.41) is 3.73. The Bertz CT molecular complexity index is 831. The molecule has 3 unspecified atom stereocenters. The molecule has 3 atom stereocenters. The van der Waals surface area contributed by atoms with E-state index in [1.807, 2.05) is 38.0 Å². The van der Waals surface area contributed by atoms with Crippen molar-refractivity contribution in [2.24, 2.45) is 0 Å². The highest BCUT2D eigenvalue weighted by molar-refractivity contribution is 7.88. The summed E-state index contributed by atoms with van der Waals surface area (Å²) >= 11 is 0. The Hall–Kier alpha value is -1.82. The normalized spacial score (nSPS) is 22.4. The number of ether oxygens (including phenoxy) is 2. The Kier molecular flexibility index (Phi) is 7.20. The molecule has 1 saturated heterocycles. The van der Waals surface area contributed by atoms with Crippen molar-refractivity contribution in [1.29, 1.82) is 0 Å². The molecular formula is C18H25F3N2O5S. The van der Waals surface area contributed by atoms with Gasteiger partial charge in [0.05, 0.1) is 12.4 Å². The van der Waals surface area contributed by atoms with E-state index in [4.69, 9.17) is 9.47 Å². The van der Waals surface area contributed by atoms with E-state index in [2.05, 4.69) is 10.8 Å². The highest BCUT2D eigenvalue weighted by Gasteiger charge is 2.48. The van der Waals surface area contributed by atoms with Gasteiger partial charge in [-0.2, -0.15) is 21.6 Å². The van der Waals surface area contributed by atoms with E-state index in [1.165, 1.54) is 12.1 Å². The van der Waals surface area contributed by atoms with Crippen LogP contribution in [0.15, 0.2) is 36.6 Å². The maximum absolute atomic E-state index is 12.6. The van der Waals surface area contributed by atoms with E-state index in [9.17, 15) is 21.6 Å². The third-order valence-corrected chi connectivity index (χ3v) is 5.62. The summed E-state index contributed by atoms with van der Waals surface area (Å²) in [7, 11) is -2.10. The molecule has 0 aromatic heterocycles. The van der Waals surface area contributed by atoms with Crippen molar-refractivity contribution >= 4 is 10.1 Å². The molecule has 0 spiro atoms. The molecule has 0 aliphatic carbocycles. The minimum Gasteiger partial charge on any atom is -0.499 e. The van der Waals surface area contributed by atoms with Gasteiger partial charge in [0.2, 0.25) is 0 Å². The molecule has 0 N–H and O–H groups in total. The van der Waals surface area contributed by atoms with Crippen LogP contribution in [0.3, 0.4) is 0 Å². The van der Waals surface area contributed by atoms with Crippen LogP contribution in [0.2, 0.25) is 0 Å². The average Bonchev–Trinajstić information content (AvgIpc) is 2.86. The Morgan fingerprint density at radius 1 is 1.31 bits per heavy atom. The molecule has 0 saturated carbocycles. The first-order valence-corrected chi connectivity index (χ1v) is 10.3. The summed E-state index contributed by atoms with van der Waals surface area (Å²) in [4.78, 5) is 0. The van der Waals surface area contributed by atoms with Crippen LogP contribution in [-0.4, -0.2) is 57.1 Å². The summed E-state index contributed by atoms with van der Waals surface area (Å²) in [6, 6.07) is 5.49. The Labute approximate surface area is 168 Å². The van der Waals surface area contributed by atoms with Gasteiger partial charge in [0.1, 0.15) is 18.2 Å². The first kappa shape index (κ1) is 23.5. The molecule has 29 heavy (non-hydrogen) atoms. The molecule has 7 nitrogen and oxygen atoms in total. The zero-order valence-corrected chi connectivity index (χ0v) is 17.5. The number of allylic oxidation sites excluding steroid dienone is 1. The van der Waals surface area contributed by atoms with Crippen molar-refractivity contribution in [2.45, 2.75) is 44.2 Å². The van der Waals surface area contributed by atoms with E-state index in [-0.39, 0.29) is 6.23 Å². The maximum atomic E-state index is 12.6. The van der Waals surface area contributed by atoms with Gasteiger partial charge in [-0.15, -0.1) is 0 Å². The number of hydrazine groups is 1. The van der Waals surface area contributed by atoms with Crippen molar-refractivity contribution < 1.29 is 35.2 Å². The van der Waals surface area contributed by atoms with Gasteiger partial charge in [0.15, 0.2) is 0 Å². The van der Waals surface area contributed by atoms with Gasteiger partial charge in [0.25, 0.3) is 0 Å². The molecule has 1 aliphatic rings. The Morgan fingerprint density at radius 3 is 2.48 bits per heavy atom. The number of nitrogens with zero attached hydrogens (tertiary/aromatic N) is 2. The van der Waals surface area contributed by atoms with Crippen LogP contribution < -0.4 is 4.18 Å². The van der Waals surface area contributed by atoms with Crippen LogP contribution in [0.25, 0.3) is 0 Å². The Morgan fingerprint density at radius 2 is 1.97 bits per heavy atom. The lowest BCUT2D eigenvalue weighted by Gasteiger charge is -2.30. The van der Waals surface area contributed by atoms with Crippen molar-refractivity contribution in [3.8, 4) is 5.75 Å². The lowest BCUT2D eigenvalue weighted by molar-refractivity contribution is -0.0500. The van der Waals surface area contributed by atoms with Crippen molar-refractivity contribution in [3.63, 3.8) is 0 Å². The first-order chi connectivity index (χ1) is 13.4. The molecule has 1 aromatic carbocycles. The predicted molar refractivity (Wildman–Crippen MR) is 100 cm³/mol. The molecule has 1 aromatic rings. The topological polar surface area (TPSA) is 68.3 Å². The molecule has 0 bridgehead atoms. The fraction of sp³-hybridized carbons (Fsp3) is 0.556. The fourth-order valence-corrected chi connectivity index (χ4v) is 3.48. The number of hydrogen-bond donors (Lipinski definition) is 0. The minimum absolute atomic E-state index is 0.224. The second kappa shape index (κ2) is 8.90. The van der Waals surface area contributed by atoms with E-state index in [1.54, 1.807) is 6.07 Å². The highest BCUT2D eigenvalue weighted by Crippen LogP contribution is 2.37. The van der Waals surface area contributed by atoms with Gasteiger partial charge < -0.3 is 13.7 Å². The molecule has 1 aliphatic heterocycles. The van der Waals surface area contributed by atoms with Gasteiger partial charge in [-0.1, -0.05) is 18.7 Å². The van der Waals surface area contributed by atoms with Crippen LogP contribution >= 0.6 is 0 Å². The van der Waals surface area contributed by atoms with E-state index in [0.29, 0.717) is 24.4 Å². The van der Waals surface area contributed by atoms with E-state index >= 15 is 0 Å². The molecule has 1 heterocycles. The summed E-state index contributed by atoms with van der Waals surface area (Å²) in [5.41, 5.74) is -4.99. The van der Waals surface area contributed by atoms with Crippen LogP contribution in [0.4, 0.5) is 13.2 Å². The van der Waals surface area contributed by atoms with Gasteiger partial charge >= 0.3 is 15.6 Å². The van der Waals surface area contributed by atoms with Crippen molar-refractivity contribution in [1.82, 2.24) is 10.0 Å². The number of likely N-dealkylation sites (N-methyl/N-ethyl adjacent to an activating group) is 1. The predicted octanol–water partition coefficient (Wildman–Crippen LogP) is 3.42. The Balaban J connectivity index is 2.37. The van der Waals surface area contributed by atoms with Gasteiger partial charge in [-0.25, -0.2) is 10.0 Å². The molecule has 0 radical (unpaired) electrons. The second-order valence-electron chi connectivity index (χ2n) is 6.61. The number of hydrogen-bond acceptors (Lipinski definition) is 7. The maximum Gasteiger partial charge on any atom is 0.534 e. The summed E-state index contributed by atoms with van der Waals surface area (Å²) in [5.74, 6) is -0.358. The lowest BCUT2D eigenvalue weighted by atomic mass is 9.92. The minimum atomic E-state index is -5.76. The van der Waals surface area contributed by atoms with E-state index in [0.717, 1.165) is 6.07 Å². The zero-order chi connectivity index (χ0) is 22.0. The van der Waals surface area contributed by atoms with Crippen LogP contribution in [0.5, 0.6) is 5.75 Å². The largest absolute Gasteiger partial charge is 0.534 e. The van der Waals surface area contributed by atoms with Gasteiger partial charge in [0, 0.05) is 26.4 Å². The number of rotatable bonds is 8. The zero-order valence-electron chi connectivity index (χ0n) is 16.6. The first-order valence-electron chi connectivity index (χ1n) is 8.89. The molecule has 0 amide bonds. The second-order valence-corrected chi connectivity index (χ2v) is 8.15. The third-order valence-electron chi connectivity index (χ3n) is 4.64. The molecule has 1 fully saturated rings. The van der Waals surface area contributed by atoms with Crippen LogP contribution in [0, 0.1) is 0 Å². The summed E-state index contributed by atoms with van der Waals surface area (Å²) in [6.07, 6.45) is -0.377. The summed E-state index contributed by atoms with van der Waals surface area (Å²) < 4.78 is 76.3. The van der Waals surface area contributed by atoms with Gasteiger partial charge in [-0.3, -0.25) is 0 Å². The molecule has 11 heteroatoms. The smallest absolute Gasteiger partial charge is 0.499 e. The molecule has 164 valence electrons. The number of halogens is 3. The SMILES string of the molecule is C=C(CC(c1cccc(OS(=O)(=O)C(F)(F)F)c1)C1OC(C)N(C)N1C)OCC. The van der Waals surface area contributed by atoms with Crippen molar-refractivity contribution in [2.75, 3.05) is 20.7 Å². The highest BCUT2D eigenvalue weighted by atomic mass is 32.2. The standard InChI is InChI=1S/C18H25F3N2O5S/c1-6-26-12(2)10-16(17-23(5)22(4)13(3)27-17)14-8-7-9-15(11-14)28-29(24,25)18(19,20)21/h7-9,11,13,16-17H,2,6,10H2,1,3-5H3. The average molecular weight is 438 g/mol. The number of alkyl halides is 3. The quantitative estimate of drug-likeness (QED) is 0.350. The molecule has 2 rings (SSSR count). The number of benzene rings is 1. The summed E-state index contributed by atoms with van der Waals surface area (Å²) in [6.45, 7) is 7.96. The van der Waals surface area contributed by atoms with Crippen LogP contribution in [-0.2, 0) is 19.6 Å². The fourth-order valence-electron chi connectivity index (χ4n) is 3.03.